The first-order valence-corrected chi connectivity index (χ1v) is 7.17. The SMILES string of the molecule is CCOC1(c2ncc(Br)c(Cl)n2)CCCCC1. The van der Waals surface area contributed by atoms with Crippen LogP contribution in [0.1, 0.15) is 44.9 Å². The molecule has 1 aliphatic carbocycles. The van der Waals surface area contributed by atoms with Crippen molar-refractivity contribution >= 4 is 27.5 Å². The Balaban J connectivity index is 2.34. The Bertz CT molecular complexity index is 389. The van der Waals surface area contributed by atoms with Crippen molar-refractivity contribution in [3.63, 3.8) is 0 Å². The van der Waals surface area contributed by atoms with Crippen molar-refractivity contribution in [1.29, 1.82) is 0 Å². The van der Waals surface area contributed by atoms with Crippen LogP contribution in [0.2, 0.25) is 5.15 Å². The predicted octanol–water partition coefficient (Wildman–Crippen LogP) is 4.09. The van der Waals surface area contributed by atoms with Gasteiger partial charge in [0, 0.05) is 12.8 Å². The van der Waals surface area contributed by atoms with Gasteiger partial charge in [0.05, 0.1) is 4.47 Å². The van der Waals surface area contributed by atoms with E-state index >= 15 is 0 Å². The van der Waals surface area contributed by atoms with Gasteiger partial charge in [0.1, 0.15) is 10.8 Å². The van der Waals surface area contributed by atoms with Crippen LogP contribution in [-0.4, -0.2) is 16.6 Å². The Kier molecular flexibility index (Phi) is 4.39. The maximum absolute atomic E-state index is 6.04. The monoisotopic (exact) mass is 318 g/mol. The third-order valence-corrected chi connectivity index (χ3v) is 4.29. The molecule has 0 radical (unpaired) electrons. The summed E-state index contributed by atoms with van der Waals surface area (Å²) in [6, 6.07) is 0. The molecule has 0 atom stereocenters. The molecular weight excluding hydrogens is 304 g/mol. The molecule has 0 saturated heterocycles. The molecule has 5 heteroatoms. The molecule has 0 aliphatic heterocycles. The first kappa shape index (κ1) is 13.2. The van der Waals surface area contributed by atoms with Gasteiger partial charge < -0.3 is 4.74 Å². The Morgan fingerprint density at radius 2 is 2.12 bits per heavy atom. The van der Waals surface area contributed by atoms with E-state index < -0.39 is 0 Å². The summed E-state index contributed by atoms with van der Waals surface area (Å²) in [5, 5.41) is 0.458. The second kappa shape index (κ2) is 5.63. The maximum atomic E-state index is 6.04. The minimum atomic E-state index is -0.322. The first-order chi connectivity index (χ1) is 8.18. The van der Waals surface area contributed by atoms with Crippen LogP contribution in [-0.2, 0) is 10.3 Å². The molecule has 94 valence electrons. The van der Waals surface area contributed by atoms with Crippen molar-refractivity contribution in [3.8, 4) is 0 Å². The highest BCUT2D eigenvalue weighted by Crippen LogP contribution is 2.39. The summed E-state index contributed by atoms with van der Waals surface area (Å²) in [4.78, 5) is 8.76. The smallest absolute Gasteiger partial charge is 0.162 e. The average molecular weight is 320 g/mol. The molecular formula is C12H16BrClN2O. The molecule has 1 fully saturated rings. The van der Waals surface area contributed by atoms with E-state index in [4.69, 9.17) is 16.3 Å². The summed E-state index contributed by atoms with van der Waals surface area (Å²) in [7, 11) is 0. The van der Waals surface area contributed by atoms with Crippen LogP contribution in [0.15, 0.2) is 10.7 Å². The fourth-order valence-corrected chi connectivity index (χ4v) is 2.72. The number of hydrogen-bond acceptors (Lipinski definition) is 3. The average Bonchev–Trinajstić information content (AvgIpc) is 2.34. The summed E-state index contributed by atoms with van der Waals surface area (Å²) < 4.78 is 6.68. The fraction of sp³-hybridized carbons (Fsp3) is 0.667. The lowest BCUT2D eigenvalue weighted by molar-refractivity contribution is -0.0767. The van der Waals surface area contributed by atoms with Crippen LogP contribution in [0.3, 0.4) is 0 Å². The molecule has 0 unspecified atom stereocenters. The molecule has 0 amide bonds. The molecule has 17 heavy (non-hydrogen) atoms. The second-order valence-electron chi connectivity index (χ2n) is 4.32. The van der Waals surface area contributed by atoms with Gasteiger partial charge in [-0.3, -0.25) is 0 Å². The van der Waals surface area contributed by atoms with Gasteiger partial charge in [0.2, 0.25) is 0 Å². The van der Waals surface area contributed by atoms with Crippen molar-refractivity contribution in [2.75, 3.05) is 6.61 Å². The summed E-state index contributed by atoms with van der Waals surface area (Å²) in [6.07, 6.45) is 7.27. The van der Waals surface area contributed by atoms with Gasteiger partial charge in [-0.1, -0.05) is 30.9 Å². The zero-order chi connectivity index (χ0) is 12.3. The summed E-state index contributed by atoms with van der Waals surface area (Å²) in [5.41, 5.74) is -0.322. The van der Waals surface area contributed by atoms with Crippen LogP contribution in [0.25, 0.3) is 0 Å². The van der Waals surface area contributed by atoms with E-state index in [0.29, 0.717) is 11.8 Å². The molecule has 0 aromatic carbocycles. The number of ether oxygens (including phenoxy) is 1. The van der Waals surface area contributed by atoms with Crippen molar-refractivity contribution in [1.82, 2.24) is 9.97 Å². The van der Waals surface area contributed by atoms with E-state index in [1.165, 1.54) is 6.42 Å². The highest BCUT2D eigenvalue weighted by Gasteiger charge is 2.37. The molecule has 2 rings (SSSR count). The van der Waals surface area contributed by atoms with Gasteiger partial charge in [-0.2, -0.15) is 0 Å². The van der Waals surface area contributed by atoms with Crippen LogP contribution in [0.4, 0.5) is 0 Å². The number of halogens is 2. The lowest BCUT2D eigenvalue weighted by atomic mass is 9.84. The highest BCUT2D eigenvalue weighted by atomic mass is 79.9. The third-order valence-electron chi connectivity index (χ3n) is 3.19. The molecule has 1 aromatic heterocycles. The molecule has 0 N–H and O–H groups in total. The molecule has 1 saturated carbocycles. The lowest BCUT2D eigenvalue weighted by Crippen LogP contribution is -2.34. The van der Waals surface area contributed by atoms with Gasteiger partial charge in [0.15, 0.2) is 5.82 Å². The fourth-order valence-electron chi connectivity index (χ4n) is 2.40. The van der Waals surface area contributed by atoms with Gasteiger partial charge >= 0.3 is 0 Å². The minimum Gasteiger partial charge on any atom is -0.367 e. The Hall–Kier alpha value is -0.190. The second-order valence-corrected chi connectivity index (χ2v) is 5.53. The Morgan fingerprint density at radius 3 is 2.71 bits per heavy atom. The standard InChI is InChI=1S/C12H16BrClN2O/c1-2-17-12(6-4-3-5-7-12)11-15-8-9(13)10(14)16-11/h8H,2-7H2,1H3. The number of aromatic nitrogens is 2. The van der Waals surface area contributed by atoms with E-state index in [1.807, 2.05) is 6.92 Å². The van der Waals surface area contributed by atoms with Crippen LogP contribution < -0.4 is 0 Å². The van der Waals surface area contributed by atoms with E-state index in [0.717, 1.165) is 36.0 Å². The lowest BCUT2D eigenvalue weighted by Gasteiger charge is -2.35. The maximum Gasteiger partial charge on any atom is 0.162 e. The number of nitrogens with zero attached hydrogens (tertiary/aromatic N) is 2. The zero-order valence-electron chi connectivity index (χ0n) is 9.88. The van der Waals surface area contributed by atoms with Crippen LogP contribution >= 0.6 is 27.5 Å². The van der Waals surface area contributed by atoms with E-state index in [9.17, 15) is 0 Å². The largest absolute Gasteiger partial charge is 0.367 e. The third kappa shape index (κ3) is 2.80. The van der Waals surface area contributed by atoms with Gasteiger partial charge in [0.25, 0.3) is 0 Å². The summed E-state index contributed by atoms with van der Waals surface area (Å²) >= 11 is 9.35. The van der Waals surface area contributed by atoms with Crippen molar-refractivity contribution in [2.45, 2.75) is 44.6 Å². The van der Waals surface area contributed by atoms with Gasteiger partial charge in [-0.05, 0) is 35.7 Å². The van der Waals surface area contributed by atoms with Gasteiger partial charge in [-0.25, -0.2) is 9.97 Å². The van der Waals surface area contributed by atoms with Crippen molar-refractivity contribution in [3.05, 3.63) is 21.6 Å². The van der Waals surface area contributed by atoms with Crippen LogP contribution in [0, 0.1) is 0 Å². The normalized spacial score (nSPS) is 19.2. The summed E-state index contributed by atoms with van der Waals surface area (Å²) in [5.74, 6) is 0.729. The Labute approximate surface area is 115 Å². The number of rotatable bonds is 3. The zero-order valence-corrected chi connectivity index (χ0v) is 12.2. The van der Waals surface area contributed by atoms with Crippen LogP contribution in [0.5, 0.6) is 0 Å². The molecule has 1 heterocycles. The predicted molar refractivity (Wildman–Crippen MR) is 71.1 cm³/mol. The quantitative estimate of drug-likeness (QED) is 0.787. The highest BCUT2D eigenvalue weighted by molar-refractivity contribution is 9.10. The van der Waals surface area contributed by atoms with E-state index in [-0.39, 0.29) is 5.60 Å². The van der Waals surface area contributed by atoms with Crippen molar-refractivity contribution in [2.24, 2.45) is 0 Å². The first-order valence-electron chi connectivity index (χ1n) is 6.00. The molecule has 3 nitrogen and oxygen atoms in total. The topological polar surface area (TPSA) is 35.0 Å². The summed E-state index contributed by atoms with van der Waals surface area (Å²) in [6.45, 7) is 2.69. The molecule has 0 bridgehead atoms. The molecule has 1 aromatic rings. The van der Waals surface area contributed by atoms with E-state index in [2.05, 4.69) is 25.9 Å². The molecule has 1 aliphatic rings. The molecule has 0 spiro atoms. The van der Waals surface area contributed by atoms with Crippen molar-refractivity contribution < 1.29 is 4.74 Å². The minimum absolute atomic E-state index is 0.322. The number of hydrogen-bond donors (Lipinski definition) is 0. The van der Waals surface area contributed by atoms with E-state index in [1.54, 1.807) is 6.20 Å². The Morgan fingerprint density at radius 1 is 1.41 bits per heavy atom. The van der Waals surface area contributed by atoms with Gasteiger partial charge in [-0.15, -0.1) is 0 Å².